The number of anilines is 1. The minimum atomic E-state index is -3.39. The van der Waals surface area contributed by atoms with Crippen molar-refractivity contribution >= 4 is 21.6 Å². The van der Waals surface area contributed by atoms with Gasteiger partial charge in [-0.25, -0.2) is 13.6 Å². The van der Waals surface area contributed by atoms with Gasteiger partial charge in [0.15, 0.2) is 0 Å². The van der Waals surface area contributed by atoms with Gasteiger partial charge < -0.3 is 10.6 Å². The lowest BCUT2D eigenvalue weighted by molar-refractivity contribution is -0.114. The number of sulfonamides is 1. The van der Waals surface area contributed by atoms with E-state index in [0.29, 0.717) is 13.0 Å². The van der Waals surface area contributed by atoms with Crippen LogP contribution in [0.4, 0.5) is 5.69 Å². The molecule has 7 heteroatoms. The zero-order chi connectivity index (χ0) is 15.2. The molecule has 0 aliphatic rings. The number of carbonyl (C=O) groups excluding carboxylic acids is 1. The lowest BCUT2D eigenvalue weighted by atomic mass is 10.1. The van der Waals surface area contributed by atoms with E-state index in [4.69, 9.17) is 5.14 Å². The molecule has 0 aliphatic heterocycles. The van der Waals surface area contributed by atoms with Crippen LogP contribution in [0.1, 0.15) is 31.9 Å². The monoisotopic (exact) mass is 299 g/mol. The summed E-state index contributed by atoms with van der Waals surface area (Å²) in [7, 11) is -3.39. The fourth-order valence-electron chi connectivity index (χ4n) is 1.80. The van der Waals surface area contributed by atoms with Crippen molar-refractivity contribution in [3.8, 4) is 0 Å². The van der Waals surface area contributed by atoms with E-state index in [9.17, 15) is 13.2 Å². The Kier molecular flexibility index (Phi) is 6.12. The number of rotatable bonds is 7. The molecule has 1 aromatic rings. The third-order valence-corrected chi connectivity index (χ3v) is 3.62. The van der Waals surface area contributed by atoms with Gasteiger partial charge in [0.05, 0.1) is 5.75 Å². The molecule has 0 aromatic heterocycles. The molecule has 0 aliphatic carbocycles. The average Bonchev–Trinajstić information content (AvgIpc) is 2.32. The zero-order valence-electron chi connectivity index (χ0n) is 11.7. The van der Waals surface area contributed by atoms with E-state index in [0.717, 1.165) is 11.3 Å². The van der Waals surface area contributed by atoms with Gasteiger partial charge in [-0.15, -0.1) is 0 Å². The van der Waals surface area contributed by atoms with Crippen molar-refractivity contribution in [1.82, 2.24) is 5.32 Å². The van der Waals surface area contributed by atoms with E-state index in [2.05, 4.69) is 10.6 Å². The van der Waals surface area contributed by atoms with E-state index in [-0.39, 0.29) is 17.7 Å². The highest BCUT2D eigenvalue weighted by Crippen LogP contribution is 2.17. The first-order valence-electron chi connectivity index (χ1n) is 6.39. The highest BCUT2D eigenvalue weighted by molar-refractivity contribution is 7.89. The number of hydrogen-bond donors (Lipinski definition) is 3. The molecule has 112 valence electrons. The fourth-order valence-corrected chi connectivity index (χ4v) is 2.35. The lowest BCUT2D eigenvalue weighted by Crippen LogP contribution is -2.24. The maximum absolute atomic E-state index is 11.0. The molecule has 0 saturated heterocycles. The van der Waals surface area contributed by atoms with Crippen LogP contribution in [0.2, 0.25) is 0 Å². The first-order valence-corrected chi connectivity index (χ1v) is 8.11. The van der Waals surface area contributed by atoms with Gasteiger partial charge in [0.25, 0.3) is 0 Å². The van der Waals surface area contributed by atoms with Crippen LogP contribution in [0.15, 0.2) is 24.3 Å². The molecule has 1 rings (SSSR count). The first kappa shape index (κ1) is 16.6. The van der Waals surface area contributed by atoms with Crippen LogP contribution < -0.4 is 15.8 Å². The van der Waals surface area contributed by atoms with Crippen LogP contribution >= 0.6 is 0 Å². The Morgan fingerprint density at radius 3 is 2.70 bits per heavy atom. The quantitative estimate of drug-likeness (QED) is 0.653. The summed E-state index contributed by atoms with van der Waals surface area (Å²) in [6, 6.07) is 7.58. The summed E-state index contributed by atoms with van der Waals surface area (Å²) < 4.78 is 21.6. The second-order valence-electron chi connectivity index (χ2n) is 4.70. The van der Waals surface area contributed by atoms with Crippen molar-refractivity contribution in [2.24, 2.45) is 5.14 Å². The first-order chi connectivity index (χ1) is 9.28. The Labute approximate surface area is 119 Å². The van der Waals surface area contributed by atoms with Gasteiger partial charge in [-0.05, 0) is 37.6 Å². The highest BCUT2D eigenvalue weighted by atomic mass is 32.2. The highest BCUT2D eigenvalue weighted by Gasteiger charge is 2.07. The van der Waals surface area contributed by atoms with Crippen LogP contribution in [0.25, 0.3) is 0 Å². The molecule has 6 nitrogen and oxygen atoms in total. The van der Waals surface area contributed by atoms with Crippen LogP contribution in [-0.4, -0.2) is 26.6 Å². The van der Waals surface area contributed by atoms with E-state index >= 15 is 0 Å². The number of nitrogens with one attached hydrogen (secondary N) is 2. The van der Waals surface area contributed by atoms with Crippen LogP contribution in [-0.2, 0) is 14.8 Å². The van der Waals surface area contributed by atoms with Gasteiger partial charge in [-0.3, -0.25) is 4.79 Å². The molecular formula is C13H21N3O3S. The Hall–Kier alpha value is -1.44. The van der Waals surface area contributed by atoms with Crippen LogP contribution in [0.5, 0.6) is 0 Å². The molecule has 4 N–H and O–H groups in total. The molecule has 0 fully saturated rings. The largest absolute Gasteiger partial charge is 0.326 e. The summed E-state index contributed by atoms with van der Waals surface area (Å²) in [6.45, 7) is 3.99. The second-order valence-corrected chi connectivity index (χ2v) is 6.44. The van der Waals surface area contributed by atoms with Crippen molar-refractivity contribution in [3.63, 3.8) is 0 Å². The normalized spacial score (nSPS) is 12.9. The third kappa shape index (κ3) is 6.65. The summed E-state index contributed by atoms with van der Waals surface area (Å²) in [6.07, 6.45) is 0.467. The van der Waals surface area contributed by atoms with Gasteiger partial charge in [0, 0.05) is 18.7 Å². The maximum atomic E-state index is 11.0. The summed E-state index contributed by atoms with van der Waals surface area (Å²) >= 11 is 0. The van der Waals surface area contributed by atoms with E-state index < -0.39 is 10.0 Å². The number of benzene rings is 1. The Morgan fingerprint density at radius 2 is 2.10 bits per heavy atom. The van der Waals surface area contributed by atoms with E-state index in [1.54, 1.807) is 0 Å². The molecule has 0 radical (unpaired) electrons. The van der Waals surface area contributed by atoms with Gasteiger partial charge in [0.1, 0.15) is 0 Å². The molecule has 1 unspecified atom stereocenters. The molecule has 1 amide bonds. The number of carbonyl (C=O) groups is 1. The summed E-state index contributed by atoms with van der Waals surface area (Å²) in [5, 5.41) is 10.9. The topological polar surface area (TPSA) is 101 Å². The third-order valence-electron chi connectivity index (χ3n) is 2.76. The Bertz CT molecular complexity index is 558. The van der Waals surface area contributed by atoms with Crippen LogP contribution in [0, 0.1) is 0 Å². The van der Waals surface area contributed by atoms with E-state index in [1.165, 1.54) is 6.92 Å². The van der Waals surface area contributed by atoms with Gasteiger partial charge >= 0.3 is 0 Å². The Balaban J connectivity index is 2.50. The number of amides is 1. The van der Waals surface area contributed by atoms with Crippen molar-refractivity contribution in [2.75, 3.05) is 17.6 Å². The van der Waals surface area contributed by atoms with Crippen LogP contribution in [0.3, 0.4) is 0 Å². The Morgan fingerprint density at radius 1 is 1.40 bits per heavy atom. The van der Waals surface area contributed by atoms with Crippen molar-refractivity contribution in [3.05, 3.63) is 29.8 Å². The van der Waals surface area contributed by atoms with Gasteiger partial charge in [0.2, 0.25) is 15.9 Å². The smallest absolute Gasteiger partial charge is 0.221 e. The van der Waals surface area contributed by atoms with Gasteiger partial charge in [-0.2, -0.15) is 0 Å². The molecule has 0 saturated carbocycles. The number of hydrogen-bond acceptors (Lipinski definition) is 4. The summed E-state index contributed by atoms with van der Waals surface area (Å²) in [5.74, 6) is -0.144. The molecular weight excluding hydrogens is 278 g/mol. The fraction of sp³-hybridized carbons (Fsp3) is 0.462. The lowest BCUT2D eigenvalue weighted by Gasteiger charge is -2.15. The summed E-state index contributed by atoms with van der Waals surface area (Å²) in [4.78, 5) is 11.0. The predicted octanol–water partition coefficient (Wildman–Crippen LogP) is 0.974. The minimum absolute atomic E-state index is 0.0291. The SMILES string of the molecule is CC(=O)Nc1cccc(C(C)NCCCS(N)(=O)=O)c1. The van der Waals surface area contributed by atoms with E-state index in [1.807, 2.05) is 31.2 Å². The molecule has 0 spiro atoms. The van der Waals surface area contributed by atoms with Crippen molar-refractivity contribution < 1.29 is 13.2 Å². The molecule has 0 bridgehead atoms. The standard InChI is InChI=1S/C13H21N3O3S/c1-10(15-7-4-8-20(14,18)19)12-5-3-6-13(9-12)16-11(2)17/h3,5-6,9-10,15H,4,7-8H2,1-2H3,(H,16,17)(H2,14,18,19). The summed E-state index contributed by atoms with van der Waals surface area (Å²) in [5.41, 5.74) is 1.76. The average molecular weight is 299 g/mol. The van der Waals surface area contributed by atoms with Gasteiger partial charge in [-0.1, -0.05) is 12.1 Å². The maximum Gasteiger partial charge on any atom is 0.221 e. The van der Waals surface area contributed by atoms with Crippen molar-refractivity contribution in [2.45, 2.75) is 26.3 Å². The molecule has 1 aromatic carbocycles. The molecule has 1 atom stereocenters. The predicted molar refractivity (Wildman–Crippen MR) is 79.8 cm³/mol. The zero-order valence-corrected chi connectivity index (χ0v) is 12.5. The number of primary sulfonamides is 1. The molecule has 0 heterocycles. The number of nitrogens with two attached hydrogens (primary N) is 1. The second kappa shape index (κ2) is 7.37. The minimum Gasteiger partial charge on any atom is -0.326 e. The van der Waals surface area contributed by atoms with Crippen molar-refractivity contribution in [1.29, 1.82) is 0 Å². The molecule has 20 heavy (non-hydrogen) atoms.